The number of unbranched alkanes of at least 4 members (excludes halogenated alkanes) is 26. The second-order valence-electron chi connectivity index (χ2n) is 15.2. The summed E-state index contributed by atoms with van der Waals surface area (Å²) in [7, 11) is 0. The summed E-state index contributed by atoms with van der Waals surface area (Å²) in [5.74, 6) is -2.31. The van der Waals surface area contributed by atoms with Crippen molar-refractivity contribution >= 4 is 23.8 Å². The Morgan fingerprint density at radius 3 is 1.25 bits per heavy atom. The molecule has 0 aliphatic heterocycles. The van der Waals surface area contributed by atoms with E-state index in [1.807, 2.05) is 0 Å². The van der Waals surface area contributed by atoms with E-state index in [0.29, 0.717) is 12.8 Å². The maximum Gasteiger partial charge on any atom is 0.328 e. The molecule has 0 aromatic carbocycles. The molecule has 0 heterocycles. The average Bonchev–Trinajstić information content (AvgIpc) is 3.13. The molecular formula is C43H82N2O7. The number of aliphatic carboxylic acids is 1. The Morgan fingerprint density at radius 2 is 0.865 bits per heavy atom. The van der Waals surface area contributed by atoms with E-state index in [1.54, 1.807) is 0 Å². The van der Waals surface area contributed by atoms with Gasteiger partial charge in [-0.2, -0.15) is 0 Å². The van der Waals surface area contributed by atoms with Gasteiger partial charge >= 0.3 is 11.9 Å². The van der Waals surface area contributed by atoms with Crippen LogP contribution in [0.15, 0.2) is 0 Å². The summed E-state index contributed by atoms with van der Waals surface area (Å²) < 4.78 is 5.97. The second-order valence-corrected chi connectivity index (χ2v) is 15.2. The number of hydrogen-bond acceptors (Lipinski definition) is 6. The molecular weight excluding hydrogens is 656 g/mol. The number of hydrogen-bond donors (Lipinski definition) is 4. The van der Waals surface area contributed by atoms with E-state index in [1.165, 1.54) is 141 Å². The molecule has 0 saturated carbocycles. The van der Waals surface area contributed by atoms with Crippen LogP contribution in [0.25, 0.3) is 0 Å². The van der Waals surface area contributed by atoms with Crippen LogP contribution in [0.3, 0.4) is 0 Å². The predicted molar refractivity (Wildman–Crippen MR) is 213 cm³/mol. The van der Waals surface area contributed by atoms with Crippen LogP contribution in [0.1, 0.15) is 226 Å². The maximum atomic E-state index is 12.7. The van der Waals surface area contributed by atoms with Crippen LogP contribution in [0, 0.1) is 0 Å². The second kappa shape index (κ2) is 38.6. The molecule has 4 N–H and O–H groups in total. The van der Waals surface area contributed by atoms with Crippen LogP contribution >= 0.6 is 0 Å². The van der Waals surface area contributed by atoms with Gasteiger partial charge in [0.2, 0.25) is 11.8 Å². The van der Waals surface area contributed by atoms with Crippen LogP contribution in [0.2, 0.25) is 0 Å². The number of nitrogens with one attached hydrogen (secondary N) is 2. The van der Waals surface area contributed by atoms with Crippen molar-refractivity contribution in [2.75, 3.05) is 13.2 Å². The number of carbonyl (C=O) groups is 4. The van der Waals surface area contributed by atoms with Gasteiger partial charge in [-0.15, -0.1) is 0 Å². The van der Waals surface area contributed by atoms with Crippen molar-refractivity contribution in [3.05, 3.63) is 0 Å². The van der Waals surface area contributed by atoms with Gasteiger partial charge in [0.1, 0.15) is 12.1 Å². The first-order chi connectivity index (χ1) is 25.3. The van der Waals surface area contributed by atoms with Gasteiger partial charge in [0.15, 0.2) is 0 Å². The van der Waals surface area contributed by atoms with E-state index >= 15 is 0 Å². The van der Waals surface area contributed by atoms with Crippen LogP contribution < -0.4 is 10.6 Å². The topological polar surface area (TPSA) is 142 Å². The number of amides is 2. The Morgan fingerprint density at radius 1 is 0.500 bits per heavy atom. The molecule has 0 rings (SSSR count). The number of ether oxygens (including phenoxy) is 1. The predicted octanol–water partition coefficient (Wildman–Crippen LogP) is 10.5. The summed E-state index contributed by atoms with van der Waals surface area (Å²) in [4.78, 5) is 47.5. The lowest BCUT2D eigenvalue weighted by atomic mass is 10.0. The average molecular weight is 739 g/mol. The van der Waals surface area contributed by atoms with Crippen molar-refractivity contribution < 1.29 is 34.1 Å². The zero-order valence-electron chi connectivity index (χ0n) is 33.8. The number of carbonyl (C=O) groups excluding carboxylic acids is 3. The first kappa shape index (κ1) is 49.8. The van der Waals surface area contributed by atoms with Crippen molar-refractivity contribution in [1.29, 1.82) is 0 Å². The molecule has 0 aliphatic carbocycles. The molecule has 0 radical (unpaired) electrons. The van der Waals surface area contributed by atoms with Gasteiger partial charge in [-0.3, -0.25) is 14.4 Å². The smallest absolute Gasteiger partial charge is 0.328 e. The van der Waals surface area contributed by atoms with Crippen molar-refractivity contribution in [2.24, 2.45) is 0 Å². The highest BCUT2D eigenvalue weighted by Crippen LogP contribution is 2.19. The van der Waals surface area contributed by atoms with E-state index in [2.05, 4.69) is 24.5 Å². The van der Waals surface area contributed by atoms with Gasteiger partial charge in [0, 0.05) is 12.8 Å². The molecule has 2 atom stereocenters. The molecule has 2 amide bonds. The van der Waals surface area contributed by atoms with Crippen molar-refractivity contribution in [3.63, 3.8) is 0 Å². The number of rotatable bonds is 40. The molecule has 0 aromatic heterocycles. The van der Waals surface area contributed by atoms with Gasteiger partial charge in [-0.05, 0) is 38.5 Å². The molecule has 0 saturated heterocycles. The van der Waals surface area contributed by atoms with Gasteiger partial charge in [-0.1, -0.05) is 174 Å². The lowest BCUT2D eigenvalue weighted by molar-refractivity contribution is -0.150. The van der Waals surface area contributed by atoms with E-state index in [4.69, 9.17) is 14.9 Å². The number of aliphatic hydroxyl groups is 1. The standard InChI is InChI=1S/C43H82N2O7/c1-3-5-7-9-11-12-13-14-15-16-17-18-19-20-21-22-23-25-31-35-42(49)52-38(32-28-24-10-8-6-4-2)33-29-26-27-30-34-40(47)44-36-41(48)45-39(37-46)43(50)51/h38-39,46H,3-37H2,1-2H3,(H,44,47)(H,45,48)(H,50,51). The first-order valence-electron chi connectivity index (χ1n) is 21.9. The molecule has 52 heavy (non-hydrogen) atoms. The fourth-order valence-corrected chi connectivity index (χ4v) is 6.72. The highest BCUT2D eigenvalue weighted by atomic mass is 16.5. The summed E-state index contributed by atoms with van der Waals surface area (Å²) in [5, 5.41) is 22.5. The minimum absolute atomic E-state index is 0.0330. The zero-order chi connectivity index (χ0) is 38.3. The van der Waals surface area contributed by atoms with Gasteiger partial charge < -0.3 is 25.6 Å². The third kappa shape index (κ3) is 34.9. The third-order valence-corrected chi connectivity index (χ3v) is 10.1. The Hall–Kier alpha value is -2.16. The molecule has 306 valence electrons. The Labute approximate surface area is 319 Å². The first-order valence-corrected chi connectivity index (χ1v) is 21.9. The fraction of sp³-hybridized carbons (Fsp3) is 0.907. The largest absolute Gasteiger partial charge is 0.480 e. The normalized spacial score (nSPS) is 12.4. The summed E-state index contributed by atoms with van der Waals surface area (Å²) in [6.07, 6.45) is 38.6. The van der Waals surface area contributed by atoms with E-state index in [-0.39, 0.29) is 30.9 Å². The molecule has 0 aliphatic rings. The summed E-state index contributed by atoms with van der Waals surface area (Å²) in [6, 6.07) is -1.38. The third-order valence-electron chi connectivity index (χ3n) is 10.1. The van der Waals surface area contributed by atoms with Crippen LogP contribution in [-0.4, -0.2) is 59.3 Å². The van der Waals surface area contributed by atoms with Gasteiger partial charge in [-0.25, -0.2) is 4.79 Å². The van der Waals surface area contributed by atoms with Crippen molar-refractivity contribution in [1.82, 2.24) is 10.6 Å². The number of esters is 1. The quantitative estimate of drug-likeness (QED) is 0.0362. The van der Waals surface area contributed by atoms with E-state index < -0.39 is 24.5 Å². The number of carboxylic acids is 1. The highest BCUT2D eigenvalue weighted by molar-refractivity contribution is 5.87. The zero-order valence-corrected chi connectivity index (χ0v) is 33.8. The monoisotopic (exact) mass is 739 g/mol. The van der Waals surface area contributed by atoms with E-state index in [9.17, 15) is 19.2 Å². The Balaban J connectivity index is 4.01. The Kier molecular flexibility index (Phi) is 37.0. The fourth-order valence-electron chi connectivity index (χ4n) is 6.72. The molecule has 0 bridgehead atoms. The molecule has 0 fully saturated rings. The molecule has 0 aromatic rings. The van der Waals surface area contributed by atoms with Gasteiger partial charge in [0.05, 0.1) is 13.2 Å². The summed E-state index contributed by atoms with van der Waals surface area (Å²) >= 11 is 0. The van der Waals surface area contributed by atoms with Crippen molar-refractivity contribution in [2.45, 2.75) is 238 Å². The molecule has 0 spiro atoms. The van der Waals surface area contributed by atoms with Crippen LogP contribution in [0.4, 0.5) is 0 Å². The highest BCUT2D eigenvalue weighted by Gasteiger charge is 2.19. The summed E-state index contributed by atoms with van der Waals surface area (Å²) in [6.45, 7) is 3.46. The van der Waals surface area contributed by atoms with E-state index in [0.717, 1.165) is 51.4 Å². The number of aliphatic hydroxyl groups excluding tert-OH is 1. The SMILES string of the molecule is CCCCCCCCCCCCCCCCCCCCCC(=O)OC(CCCCCCCC)CCCCCCC(=O)NCC(=O)NC(CO)C(=O)O. The van der Waals surface area contributed by atoms with Gasteiger partial charge in [0.25, 0.3) is 0 Å². The molecule has 2 unspecified atom stereocenters. The lowest BCUT2D eigenvalue weighted by Gasteiger charge is -2.18. The minimum Gasteiger partial charge on any atom is -0.480 e. The van der Waals surface area contributed by atoms with Crippen LogP contribution in [0.5, 0.6) is 0 Å². The molecule has 9 heteroatoms. The maximum absolute atomic E-state index is 12.7. The number of carboxylic acid groups (broad SMARTS) is 1. The molecule has 9 nitrogen and oxygen atoms in total. The summed E-state index contributed by atoms with van der Waals surface area (Å²) in [5.41, 5.74) is 0. The van der Waals surface area contributed by atoms with Crippen LogP contribution in [-0.2, 0) is 23.9 Å². The van der Waals surface area contributed by atoms with Crippen molar-refractivity contribution in [3.8, 4) is 0 Å². The lowest BCUT2D eigenvalue weighted by Crippen LogP contribution is -2.47. The minimum atomic E-state index is -1.38. The Bertz CT molecular complexity index is 853.